The van der Waals surface area contributed by atoms with E-state index in [1.165, 1.54) is 5.56 Å². The molecule has 3 N–H and O–H groups in total. The predicted molar refractivity (Wildman–Crippen MR) is 129 cm³/mol. The molecule has 0 aliphatic carbocycles. The largest absolute Gasteiger partial charge is 0.490 e. The van der Waals surface area contributed by atoms with Crippen LogP contribution < -0.4 is 25.8 Å². The molecule has 0 saturated carbocycles. The SMILES string of the molecule is O=c1ccc2c3n1[C@H](CN1CCC(NCc4ccc5c(c4)NCCO5)CC1)CN3C(O)C=C2. The third-order valence-electron chi connectivity index (χ3n) is 7.31. The predicted octanol–water partition coefficient (Wildman–Crippen LogP) is 1.61. The Morgan fingerprint density at radius 1 is 1.18 bits per heavy atom. The zero-order chi connectivity index (χ0) is 22.4. The Labute approximate surface area is 193 Å². The molecule has 0 bridgehead atoms. The van der Waals surface area contributed by atoms with Gasteiger partial charge in [-0.05, 0) is 55.8 Å². The normalized spacial score (nSPS) is 24.2. The fourth-order valence-corrected chi connectivity index (χ4v) is 5.59. The monoisotopic (exact) mass is 449 g/mol. The van der Waals surface area contributed by atoms with Crippen LogP contribution in [0.15, 0.2) is 41.2 Å². The Morgan fingerprint density at radius 2 is 2.06 bits per heavy atom. The van der Waals surface area contributed by atoms with Gasteiger partial charge in [0.1, 0.15) is 24.4 Å². The summed E-state index contributed by atoms with van der Waals surface area (Å²) in [7, 11) is 0. The highest BCUT2D eigenvalue weighted by atomic mass is 16.5. The number of benzene rings is 1. The molecule has 8 nitrogen and oxygen atoms in total. The summed E-state index contributed by atoms with van der Waals surface area (Å²) in [6, 6.07) is 10.4. The van der Waals surface area contributed by atoms with Gasteiger partial charge in [-0.1, -0.05) is 12.1 Å². The van der Waals surface area contributed by atoms with E-state index >= 15 is 0 Å². The van der Waals surface area contributed by atoms with E-state index in [0.29, 0.717) is 12.6 Å². The molecular formula is C25H31N5O3. The van der Waals surface area contributed by atoms with Crippen LogP contribution in [0.5, 0.6) is 5.75 Å². The van der Waals surface area contributed by atoms with Crippen molar-refractivity contribution in [1.29, 1.82) is 0 Å². The Kier molecular flexibility index (Phi) is 5.36. The second-order valence-electron chi connectivity index (χ2n) is 9.46. The number of aliphatic hydroxyl groups excluding tert-OH is 1. The Balaban J connectivity index is 1.05. The molecule has 1 saturated heterocycles. The minimum Gasteiger partial charge on any atom is -0.490 e. The maximum absolute atomic E-state index is 12.7. The van der Waals surface area contributed by atoms with Gasteiger partial charge in [0, 0.05) is 43.9 Å². The highest BCUT2D eigenvalue weighted by Crippen LogP contribution is 2.36. The molecule has 2 aromatic rings. The average molecular weight is 450 g/mol. The number of anilines is 2. The molecule has 33 heavy (non-hydrogen) atoms. The first-order valence-corrected chi connectivity index (χ1v) is 12.0. The highest BCUT2D eigenvalue weighted by Gasteiger charge is 2.36. The Bertz CT molecular complexity index is 1120. The van der Waals surface area contributed by atoms with Crippen LogP contribution in [-0.2, 0) is 6.54 Å². The van der Waals surface area contributed by atoms with E-state index in [1.807, 2.05) is 21.6 Å². The van der Waals surface area contributed by atoms with Gasteiger partial charge in [0.05, 0.1) is 11.7 Å². The number of nitrogens with zero attached hydrogens (tertiary/aromatic N) is 3. The lowest BCUT2D eigenvalue weighted by molar-refractivity contribution is 0.172. The number of hydrogen-bond acceptors (Lipinski definition) is 7. The molecule has 0 radical (unpaired) electrons. The van der Waals surface area contributed by atoms with Crippen LogP contribution in [0, 0.1) is 0 Å². The maximum atomic E-state index is 12.7. The van der Waals surface area contributed by atoms with Crippen LogP contribution in [-0.4, -0.2) is 66.2 Å². The van der Waals surface area contributed by atoms with Crippen LogP contribution in [0.2, 0.25) is 0 Å². The summed E-state index contributed by atoms with van der Waals surface area (Å²) in [5.41, 5.74) is 3.38. The van der Waals surface area contributed by atoms with Gasteiger partial charge >= 0.3 is 0 Å². The first kappa shape index (κ1) is 20.8. The molecule has 1 unspecified atom stereocenters. The van der Waals surface area contributed by atoms with E-state index in [4.69, 9.17) is 4.74 Å². The van der Waals surface area contributed by atoms with E-state index in [1.54, 1.807) is 12.1 Å². The molecule has 1 fully saturated rings. The number of nitrogens with one attached hydrogen (secondary N) is 2. The van der Waals surface area contributed by atoms with Gasteiger partial charge in [0.25, 0.3) is 5.56 Å². The van der Waals surface area contributed by atoms with Gasteiger partial charge in [0.15, 0.2) is 0 Å². The molecule has 4 aliphatic rings. The highest BCUT2D eigenvalue weighted by molar-refractivity contribution is 5.70. The van der Waals surface area contributed by atoms with Crippen molar-refractivity contribution in [3.63, 3.8) is 0 Å². The first-order valence-electron chi connectivity index (χ1n) is 12.0. The van der Waals surface area contributed by atoms with Crippen molar-refractivity contribution in [3.8, 4) is 5.75 Å². The minimum absolute atomic E-state index is 0.0187. The van der Waals surface area contributed by atoms with Crippen LogP contribution in [0.25, 0.3) is 6.08 Å². The average Bonchev–Trinajstić information content (AvgIpc) is 3.23. The number of likely N-dealkylation sites (tertiary alicyclic amines) is 1. The summed E-state index contributed by atoms with van der Waals surface area (Å²) < 4.78 is 7.56. The van der Waals surface area contributed by atoms with Crippen molar-refractivity contribution in [2.45, 2.75) is 37.7 Å². The molecule has 174 valence electrons. The molecular weight excluding hydrogens is 418 g/mol. The topological polar surface area (TPSA) is 82.0 Å². The Hall–Kier alpha value is -2.81. The lowest BCUT2D eigenvalue weighted by atomic mass is 10.0. The molecule has 4 aliphatic heterocycles. The molecule has 0 amide bonds. The van der Waals surface area contributed by atoms with Crippen LogP contribution in [0.3, 0.4) is 0 Å². The van der Waals surface area contributed by atoms with Gasteiger partial charge < -0.3 is 30.3 Å². The zero-order valence-corrected chi connectivity index (χ0v) is 18.7. The van der Waals surface area contributed by atoms with Crippen molar-refractivity contribution in [2.24, 2.45) is 0 Å². The number of aromatic nitrogens is 1. The second-order valence-corrected chi connectivity index (χ2v) is 9.46. The molecule has 1 aromatic carbocycles. The summed E-state index contributed by atoms with van der Waals surface area (Å²) in [6.07, 6.45) is 5.24. The second kappa shape index (κ2) is 8.52. The zero-order valence-electron chi connectivity index (χ0n) is 18.7. The van der Waals surface area contributed by atoms with Gasteiger partial charge in [-0.25, -0.2) is 0 Å². The maximum Gasteiger partial charge on any atom is 0.252 e. The third kappa shape index (κ3) is 3.92. The number of hydrogen-bond donors (Lipinski definition) is 3. The van der Waals surface area contributed by atoms with E-state index in [-0.39, 0.29) is 11.6 Å². The summed E-state index contributed by atoms with van der Waals surface area (Å²) in [5.74, 6) is 1.80. The summed E-state index contributed by atoms with van der Waals surface area (Å²) in [5, 5.41) is 17.5. The molecule has 2 atom stereocenters. The van der Waals surface area contributed by atoms with Crippen molar-refractivity contribution in [2.75, 3.05) is 49.5 Å². The van der Waals surface area contributed by atoms with Crippen LogP contribution >= 0.6 is 0 Å². The summed E-state index contributed by atoms with van der Waals surface area (Å²) in [6.45, 7) is 5.97. The fraction of sp³-hybridized carbons (Fsp3) is 0.480. The standard InChI is InChI=1S/C25H31N5O3/c31-23-5-2-18-3-6-24(32)30-20(16-29(23)25(18)30)15-28-10-7-19(8-11-28)27-14-17-1-4-22-21(13-17)26-9-12-33-22/h1-6,13,19-20,23,26-27,31H,7-12,14-16H2/t20-,23?/m1/s1. The lowest BCUT2D eigenvalue weighted by Gasteiger charge is -2.34. The number of piperidine rings is 1. The quantitative estimate of drug-likeness (QED) is 0.640. The number of aliphatic hydroxyl groups is 1. The van der Waals surface area contributed by atoms with Crippen molar-refractivity contribution >= 4 is 17.6 Å². The molecule has 5 heterocycles. The number of rotatable bonds is 5. The van der Waals surface area contributed by atoms with E-state index in [9.17, 15) is 9.90 Å². The molecule has 1 aromatic heterocycles. The van der Waals surface area contributed by atoms with Gasteiger partial charge in [-0.3, -0.25) is 9.36 Å². The smallest absolute Gasteiger partial charge is 0.252 e. The lowest BCUT2D eigenvalue weighted by Crippen LogP contribution is -2.45. The fourth-order valence-electron chi connectivity index (χ4n) is 5.59. The van der Waals surface area contributed by atoms with Crippen molar-refractivity contribution in [3.05, 3.63) is 57.9 Å². The molecule has 8 heteroatoms. The van der Waals surface area contributed by atoms with Crippen LogP contribution in [0.4, 0.5) is 11.5 Å². The van der Waals surface area contributed by atoms with E-state index in [2.05, 4.69) is 33.7 Å². The minimum atomic E-state index is -0.657. The number of pyridine rings is 1. The molecule has 6 rings (SSSR count). The van der Waals surface area contributed by atoms with Gasteiger partial charge in [0.2, 0.25) is 0 Å². The van der Waals surface area contributed by atoms with Crippen LogP contribution in [0.1, 0.15) is 30.0 Å². The van der Waals surface area contributed by atoms with E-state index < -0.39 is 6.23 Å². The number of ether oxygens (including phenoxy) is 1. The first-order chi connectivity index (χ1) is 16.2. The number of fused-ring (bicyclic) bond motifs is 1. The van der Waals surface area contributed by atoms with Gasteiger partial charge in [-0.2, -0.15) is 0 Å². The summed E-state index contributed by atoms with van der Waals surface area (Å²) >= 11 is 0. The summed E-state index contributed by atoms with van der Waals surface area (Å²) in [4.78, 5) is 17.1. The Morgan fingerprint density at radius 3 is 2.94 bits per heavy atom. The van der Waals surface area contributed by atoms with Gasteiger partial charge in [-0.15, -0.1) is 0 Å². The van der Waals surface area contributed by atoms with Crippen molar-refractivity contribution in [1.82, 2.24) is 14.8 Å². The third-order valence-corrected chi connectivity index (χ3v) is 7.31. The van der Waals surface area contributed by atoms with Crippen molar-refractivity contribution < 1.29 is 9.84 Å². The molecule has 0 spiro atoms. The van der Waals surface area contributed by atoms with E-state index in [0.717, 1.165) is 75.0 Å².